The number of amides is 1. The van der Waals surface area contributed by atoms with Crippen LogP contribution in [0.3, 0.4) is 0 Å². The maximum Gasteiger partial charge on any atom is 0.251 e. The Morgan fingerprint density at radius 3 is 2.92 bits per heavy atom. The van der Waals surface area contributed by atoms with E-state index in [-0.39, 0.29) is 5.91 Å². The number of rotatable bonds is 5. The first-order chi connectivity index (χ1) is 12.8. The molecule has 1 aliphatic rings. The third kappa shape index (κ3) is 3.65. The standard InChI is InChI=1S/C18H20N6O2/c25-18(13-3-6-20-16(9-13)17-21-7-8-22-17)23-11-14-10-15(24-26-14)12-1-4-19-5-2-12/h3,6-10,12,19H,1-2,4-5,11H2,(H,21,22)(H,23,25). The van der Waals surface area contributed by atoms with Crippen molar-refractivity contribution in [3.05, 3.63) is 53.8 Å². The van der Waals surface area contributed by atoms with E-state index in [1.165, 1.54) is 0 Å². The number of aromatic nitrogens is 4. The summed E-state index contributed by atoms with van der Waals surface area (Å²) < 4.78 is 5.37. The number of piperidine rings is 1. The quantitative estimate of drug-likeness (QED) is 0.647. The summed E-state index contributed by atoms with van der Waals surface area (Å²) in [7, 11) is 0. The summed E-state index contributed by atoms with van der Waals surface area (Å²) in [6.07, 6.45) is 7.08. The first-order valence-electron chi connectivity index (χ1n) is 8.70. The molecule has 0 aliphatic carbocycles. The second-order valence-electron chi connectivity index (χ2n) is 6.29. The van der Waals surface area contributed by atoms with Crippen molar-refractivity contribution in [1.29, 1.82) is 0 Å². The zero-order valence-electron chi connectivity index (χ0n) is 14.2. The molecular formula is C18H20N6O2. The lowest BCUT2D eigenvalue weighted by Gasteiger charge is -2.19. The van der Waals surface area contributed by atoms with E-state index >= 15 is 0 Å². The zero-order valence-corrected chi connectivity index (χ0v) is 14.2. The highest BCUT2D eigenvalue weighted by Crippen LogP contribution is 2.24. The van der Waals surface area contributed by atoms with Crippen molar-refractivity contribution in [1.82, 2.24) is 30.7 Å². The van der Waals surface area contributed by atoms with E-state index in [0.717, 1.165) is 31.6 Å². The molecule has 0 aromatic carbocycles. The van der Waals surface area contributed by atoms with Gasteiger partial charge in [-0.2, -0.15) is 0 Å². The summed E-state index contributed by atoms with van der Waals surface area (Å²) in [5, 5.41) is 10.4. The van der Waals surface area contributed by atoms with Crippen LogP contribution < -0.4 is 10.6 Å². The molecule has 134 valence electrons. The van der Waals surface area contributed by atoms with E-state index in [1.807, 2.05) is 6.07 Å². The Bertz CT molecular complexity index is 867. The molecule has 4 heterocycles. The number of nitrogens with one attached hydrogen (secondary N) is 3. The normalized spacial score (nSPS) is 15.1. The average Bonchev–Trinajstić information content (AvgIpc) is 3.39. The van der Waals surface area contributed by atoms with Gasteiger partial charge in [0.2, 0.25) is 0 Å². The molecule has 26 heavy (non-hydrogen) atoms. The molecule has 3 aromatic heterocycles. The molecule has 0 atom stereocenters. The number of aromatic amines is 1. The van der Waals surface area contributed by atoms with Gasteiger partial charge in [0.05, 0.1) is 12.2 Å². The van der Waals surface area contributed by atoms with Crippen molar-refractivity contribution >= 4 is 5.91 Å². The first-order valence-corrected chi connectivity index (χ1v) is 8.70. The molecule has 1 fully saturated rings. The van der Waals surface area contributed by atoms with Gasteiger partial charge in [-0.15, -0.1) is 0 Å². The summed E-state index contributed by atoms with van der Waals surface area (Å²) in [5.41, 5.74) is 2.11. The lowest BCUT2D eigenvalue weighted by Crippen LogP contribution is -2.26. The molecular weight excluding hydrogens is 332 g/mol. The minimum absolute atomic E-state index is 0.194. The highest BCUT2D eigenvalue weighted by molar-refractivity contribution is 5.94. The number of H-pyrrole nitrogens is 1. The molecule has 8 nitrogen and oxygen atoms in total. The largest absolute Gasteiger partial charge is 0.359 e. The Morgan fingerprint density at radius 2 is 2.12 bits per heavy atom. The van der Waals surface area contributed by atoms with E-state index in [2.05, 4.69) is 30.7 Å². The fourth-order valence-electron chi connectivity index (χ4n) is 3.10. The number of hydrogen-bond acceptors (Lipinski definition) is 6. The van der Waals surface area contributed by atoms with Crippen LogP contribution >= 0.6 is 0 Å². The molecule has 0 unspecified atom stereocenters. The molecule has 8 heteroatoms. The zero-order chi connectivity index (χ0) is 17.8. The van der Waals surface area contributed by atoms with E-state index in [1.54, 1.807) is 30.7 Å². The van der Waals surface area contributed by atoms with Crippen LogP contribution in [0.2, 0.25) is 0 Å². The number of carbonyl (C=O) groups excluding carboxylic acids is 1. The van der Waals surface area contributed by atoms with Crippen LogP contribution in [-0.2, 0) is 6.54 Å². The molecule has 3 N–H and O–H groups in total. The topological polar surface area (TPSA) is 109 Å². The average molecular weight is 352 g/mol. The Labute approximate surface area is 150 Å². The number of nitrogens with zero attached hydrogens (tertiary/aromatic N) is 3. The third-order valence-corrected chi connectivity index (χ3v) is 4.52. The minimum Gasteiger partial charge on any atom is -0.359 e. The van der Waals surface area contributed by atoms with Gasteiger partial charge in [0.15, 0.2) is 11.6 Å². The van der Waals surface area contributed by atoms with Crippen LogP contribution in [0.25, 0.3) is 11.5 Å². The summed E-state index contributed by atoms with van der Waals surface area (Å²) >= 11 is 0. The van der Waals surface area contributed by atoms with E-state index in [4.69, 9.17) is 4.52 Å². The molecule has 1 aliphatic heterocycles. The molecule has 0 spiro atoms. The van der Waals surface area contributed by atoms with Crippen molar-refractivity contribution in [2.24, 2.45) is 0 Å². The predicted molar refractivity (Wildman–Crippen MR) is 94.3 cm³/mol. The van der Waals surface area contributed by atoms with Crippen LogP contribution in [0.4, 0.5) is 0 Å². The smallest absolute Gasteiger partial charge is 0.251 e. The van der Waals surface area contributed by atoms with Gasteiger partial charge in [0.1, 0.15) is 5.69 Å². The van der Waals surface area contributed by atoms with Crippen molar-refractivity contribution in [2.75, 3.05) is 13.1 Å². The Kier molecular flexibility index (Phi) is 4.74. The van der Waals surface area contributed by atoms with Crippen LogP contribution in [0.1, 0.15) is 40.6 Å². The lowest BCUT2D eigenvalue weighted by molar-refractivity contribution is 0.0947. The number of carbonyl (C=O) groups is 1. The molecule has 4 rings (SSSR count). The van der Waals surface area contributed by atoms with Crippen LogP contribution in [0.15, 0.2) is 41.3 Å². The van der Waals surface area contributed by atoms with Gasteiger partial charge in [-0.3, -0.25) is 9.78 Å². The van der Waals surface area contributed by atoms with Crippen LogP contribution in [-0.4, -0.2) is 39.1 Å². The van der Waals surface area contributed by atoms with Crippen molar-refractivity contribution in [3.8, 4) is 11.5 Å². The minimum atomic E-state index is -0.194. The van der Waals surface area contributed by atoms with Crippen molar-refractivity contribution < 1.29 is 9.32 Å². The fraction of sp³-hybridized carbons (Fsp3) is 0.333. The van der Waals surface area contributed by atoms with E-state index in [9.17, 15) is 4.79 Å². The fourth-order valence-corrected chi connectivity index (χ4v) is 3.10. The second-order valence-corrected chi connectivity index (χ2v) is 6.29. The predicted octanol–water partition coefficient (Wildman–Crippen LogP) is 1.86. The van der Waals surface area contributed by atoms with Gasteiger partial charge in [-0.1, -0.05) is 5.16 Å². The van der Waals surface area contributed by atoms with Gasteiger partial charge in [-0.05, 0) is 38.1 Å². The van der Waals surface area contributed by atoms with Crippen LogP contribution in [0, 0.1) is 0 Å². The first kappa shape index (κ1) is 16.5. The van der Waals surface area contributed by atoms with Gasteiger partial charge in [-0.25, -0.2) is 4.98 Å². The molecule has 0 saturated carbocycles. The number of imidazole rings is 1. The van der Waals surface area contributed by atoms with E-state index < -0.39 is 0 Å². The maximum absolute atomic E-state index is 12.4. The molecule has 0 bridgehead atoms. The van der Waals surface area contributed by atoms with Gasteiger partial charge in [0.25, 0.3) is 5.91 Å². The molecule has 1 saturated heterocycles. The van der Waals surface area contributed by atoms with Gasteiger partial charge < -0.3 is 20.1 Å². The maximum atomic E-state index is 12.4. The molecule has 1 amide bonds. The number of hydrogen-bond donors (Lipinski definition) is 3. The van der Waals surface area contributed by atoms with Crippen molar-refractivity contribution in [3.63, 3.8) is 0 Å². The van der Waals surface area contributed by atoms with Gasteiger partial charge in [0, 0.05) is 36.1 Å². The number of pyridine rings is 1. The SMILES string of the molecule is O=C(NCc1cc(C2CCNCC2)no1)c1ccnc(-c2ncc[nH]2)c1. The van der Waals surface area contributed by atoms with E-state index in [0.29, 0.717) is 35.3 Å². The third-order valence-electron chi connectivity index (χ3n) is 4.52. The van der Waals surface area contributed by atoms with Crippen molar-refractivity contribution in [2.45, 2.75) is 25.3 Å². The summed E-state index contributed by atoms with van der Waals surface area (Å²) in [6, 6.07) is 5.31. The monoisotopic (exact) mass is 352 g/mol. The molecule has 3 aromatic rings. The Hall–Kier alpha value is -3.00. The second kappa shape index (κ2) is 7.49. The molecule has 0 radical (unpaired) electrons. The highest BCUT2D eigenvalue weighted by atomic mass is 16.5. The summed E-state index contributed by atoms with van der Waals surface area (Å²) in [5.74, 6) is 1.52. The Balaban J connectivity index is 1.38. The Morgan fingerprint density at radius 1 is 1.23 bits per heavy atom. The van der Waals surface area contributed by atoms with Gasteiger partial charge >= 0.3 is 0 Å². The highest BCUT2D eigenvalue weighted by Gasteiger charge is 2.19. The summed E-state index contributed by atoms with van der Waals surface area (Å²) in [6.45, 7) is 2.31. The van der Waals surface area contributed by atoms with Crippen LogP contribution in [0.5, 0.6) is 0 Å². The lowest BCUT2D eigenvalue weighted by atomic mass is 9.95. The summed E-state index contributed by atoms with van der Waals surface area (Å²) in [4.78, 5) is 23.8.